The van der Waals surface area contributed by atoms with Gasteiger partial charge in [0.05, 0.1) is 24.6 Å². The maximum absolute atomic E-state index is 14.1. The molecule has 0 fully saturated rings. The molecule has 0 N–H and O–H groups in total. The molecular formula is C35H31F2N3O5S. The number of carbonyl (C=O) groups excluding carboxylic acids is 1. The quantitative estimate of drug-likeness (QED) is 0.179. The number of ether oxygens (including phenoxy) is 2. The van der Waals surface area contributed by atoms with E-state index in [1.165, 1.54) is 35.6 Å². The number of hydrogen-bond acceptors (Lipinski definition) is 6. The maximum Gasteiger partial charge on any atom is 0.258 e. The van der Waals surface area contributed by atoms with E-state index in [-0.39, 0.29) is 48.6 Å². The van der Waals surface area contributed by atoms with Gasteiger partial charge in [-0.3, -0.25) is 14.1 Å². The lowest BCUT2D eigenvalue weighted by molar-refractivity contribution is 0.0763. The molecule has 0 radical (unpaired) electrons. The van der Waals surface area contributed by atoms with E-state index in [0.29, 0.717) is 39.9 Å². The standard InChI is InChI=1S/C35H31F2N3O5S/c1-39(46(3,42)43)33-29-17-25(16-22-4-10-26(36)11-5-22)18-38-32(29)34(45-21-24-8-14-28(44-2)15-9-24)31-30(33)20-40(35(31)41)19-23-6-12-27(37)13-7-23/h4-15,17-18H,16,19-21H2,1-3H3. The lowest BCUT2D eigenvalue weighted by atomic mass is 9.98. The Bertz CT molecular complexity index is 2040. The molecule has 46 heavy (non-hydrogen) atoms. The molecule has 5 aromatic rings. The number of halogens is 2. The van der Waals surface area contributed by atoms with Gasteiger partial charge in [-0.2, -0.15) is 0 Å². The van der Waals surface area contributed by atoms with Gasteiger partial charge in [0, 0.05) is 37.3 Å². The molecule has 4 aromatic carbocycles. The second-order valence-electron chi connectivity index (χ2n) is 11.2. The van der Waals surface area contributed by atoms with Crippen LogP contribution >= 0.6 is 0 Å². The first-order chi connectivity index (χ1) is 22.0. The second kappa shape index (κ2) is 12.4. The highest BCUT2D eigenvalue weighted by Gasteiger charge is 2.38. The van der Waals surface area contributed by atoms with Crippen LogP contribution in [-0.2, 0) is 36.1 Å². The van der Waals surface area contributed by atoms with Gasteiger partial charge < -0.3 is 14.4 Å². The van der Waals surface area contributed by atoms with Crippen LogP contribution in [0, 0.1) is 11.6 Å². The normalized spacial score (nSPS) is 12.8. The van der Waals surface area contributed by atoms with Crippen LogP contribution in [0.25, 0.3) is 10.9 Å². The summed E-state index contributed by atoms with van der Waals surface area (Å²) >= 11 is 0. The van der Waals surface area contributed by atoms with Crippen LogP contribution in [0.5, 0.6) is 11.5 Å². The summed E-state index contributed by atoms with van der Waals surface area (Å²) in [5, 5.41) is 0.493. The van der Waals surface area contributed by atoms with Crippen molar-refractivity contribution in [3.8, 4) is 11.5 Å². The van der Waals surface area contributed by atoms with Crippen LogP contribution in [0.4, 0.5) is 14.5 Å². The van der Waals surface area contributed by atoms with Crippen molar-refractivity contribution in [2.75, 3.05) is 24.7 Å². The van der Waals surface area contributed by atoms with Crippen LogP contribution in [0.2, 0.25) is 0 Å². The number of methoxy groups -OCH3 is 1. The number of sulfonamides is 1. The fraction of sp³-hybridized carbons (Fsp3) is 0.200. The number of benzene rings is 4. The number of rotatable bonds is 10. The smallest absolute Gasteiger partial charge is 0.258 e. The molecule has 1 aromatic heterocycles. The Balaban J connectivity index is 1.51. The van der Waals surface area contributed by atoms with Gasteiger partial charge in [-0.15, -0.1) is 0 Å². The number of aromatic nitrogens is 1. The zero-order chi connectivity index (χ0) is 32.6. The van der Waals surface area contributed by atoms with Crippen molar-refractivity contribution in [1.82, 2.24) is 9.88 Å². The van der Waals surface area contributed by atoms with Crippen LogP contribution in [-0.4, -0.2) is 44.6 Å². The first-order valence-corrected chi connectivity index (χ1v) is 16.3. The minimum Gasteiger partial charge on any atom is -0.497 e. The molecule has 11 heteroatoms. The Morgan fingerprint density at radius 1 is 0.891 bits per heavy atom. The van der Waals surface area contributed by atoms with E-state index in [1.54, 1.807) is 54.6 Å². The molecule has 8 nitrogen and oxygen atoms in total. The number of fused-ring (bicyclic) bond motifs is 2. The highest BCUT2D eigenvalue weighted by atomic mass is 32.2. The Labute approximate surface area is 265 Å². The number of anilines is 1. The fourth-order valence-corrected chi connectivity index (χ4v) is 6.16. The highest BCUT2D eigenvalue weighted by molar-refractivity contribution is 7.92. The number of nitrogens with zero attached hydrogens (tertiary/aromatic N) is 3. The molecule has 0 saturated carbocycles. The van der Waals surface area contributed by atoms with Gasteiger partial charge in [-0.05, 0) is 71.1 Å². The minimum absolute atomic E-state index is 0.0950. The van der Waals surface area contributed by atoms with E-state index < -0.39 is 10.0 Å². The number of hydrogen-bond donors (Lipinski definition) is 0. The monoisotopic (exact) mass is 643 g/mol. The van der Waals surface area contributed by atoms with Gasteiger partial charge in [0.1, 0.15) is 29.5 Å². The van der Waals surface area contributed by atoms with E-state index in [0.717, 1.165) is 22.9 Å². The Morgan fingerprint density at radius 2 is 1.50 bits per heavy atom. The zero-order valence-electron chi connectivity index (χ0n) is 25.5. The molecule has 236 valence electrons. The van der Waals surface area contributed by atoms with Crippen molar-refractivity contribution in [3.63, 3.8) is 0 Å². The number of carbonyl (C=O) groups is 1. The molecule has 6 rings (SSSR count). The largest absolute Gasteiger partial charge is 0.497 e. The summed E-state index contributed by atoms with van der Waals surface area (Å²) in [6.45, 7) is 0.377. The van der Waals surface area contributed by atoms with E-state index in [9.17, 15) is 22.0 Å². The average molecular weight is 644 g/mol. The maximum atomic E-state index is 14.1. The number of pyridine rings is 1. The topological polar surface area (TPSA) is 89.0 Å². The van der Waals surface area contributed by atoms with Crippen molar-refractivity contribution < 1.29 is 31.5 Å². The lowest BCUT2D eigenvalue weighted by Crippen LogP contribution is -2.26. The van der Waals surface area contributed by atoms with Gasteiger partial charge in [0.2, 0.25) is 10.0 Å². The first kappa shape index (κ1) is 31.0. The summed E-state index contributed by atoms with van der Waals surface area (Å²) in [5.41, 5.74) is 4.51. The van der Waals surface area contributed by atoms with Gasteiger partial charge in [0.25, 0.3) is 5.91 Å². The molecule has 0 bridgehead atoms. The number of amides is 1. The Hall–Kier alpha value is -5.03. The van der Waals surface area contributed by atoms with Crippen molar-refractivity contribution in [2.24, 2.45) is 0 Å². The third-order valence-electron chi connectivity index (χ3n) is 8.04. The van der Waals surface area contributed by atoms with Crippen LogP contribution in [0.3, 0.4) is 0 Å². The molecule has 0 saturated heterocycles. The first-order valence-electron chi connectivity index (χ1n) is 14.5. The Morgan fingerprint density at radius 3 is 2.11 bits per heavy atom. The molecule has 0 spiro atoms. The lowest BCUT2D eigenvalue weighted by Gasteiger charge is -2.24. The highest BCUT2D eigenvalue weighted by Crippen LogP contribution is 2.46. The summed E-state index contributed by atoms with van der Waals surface area (Å²) in [7, 11) is -0.754. The van der Waals surface area contributed by atoms with E-state index >= 15 is 0 Å². The van der Waals surface area contributed by atoms with Gasteiger partial charge in [-0.1, -0.05) is 36.4 Å². The fourth-order valence-electron chi connectivity index (χ4n) is 5.62. The van der Waals surface area contributed by atoms with E-state index in [1.807, 2.05) is 18.2 Å². The molecule has 1 aliphatic heterocycles. The van der Waals surface area contributed by atoms with Crippen molar-refractivity contribution >= 4 is 32.5 Å². The van der Waals surface area contributed by atoms with Gasteiger partial charge in [0.15, 0.2) is 5.75 Å². The van der Waals surface area contributed by atoms with Gasteiger partial charge >= 0.3 is 0 Å². The SMILES string of the molecule is COc1ccc(COc2c3c(c(N(C)S(C)(=O)=O)c4cc(Cc5ccc(F)cc5)cnc24)CN(Cc2ccc(F)cc2)C3=O)cc1. The summed E-state index contributed by atoms with van der Waals surface area (Å²) < 4.78 is 66.0. The van der Waals surface area contributed by atoms with E-state index in [2.05, 4.69) is 0 Å². The second-order valence-corrected chi connectivity index (χ2v) is 13.2. The molecule has 0 atom stereocenters. The summed E-state index contributed by atoms with van der Waals surface area (Å²) in [6, 6.07) is 21.2. The minimum atomic E-state index is -3.78. The summed E-state index contributed by atoms with van der Waals surface area (Å²) in [6.07, 6.45) is 3.17. The molecule has 2 heterocycles. The van der Waals surface area contributed by atoms with Gasteiger partial charge in [-0.25, -0.2) is 17.2 Å². The van der Waals surface area contributed by atoms with E-state index in [4.69, 9.17) is 14.5 Å². The summed E-state index contributed by atoms with van der Waals surface area (Å²) in [4.78, 5) is 20.4. The molecule has 1 aliphatic rings. The zero-order valence-corrected chi connectivity index (χ0v) is 26.3. The van der Waals surface area contributed by atoms with Crippen LogP contribution < -0.4 is 13.8 Å². The Kier molecular flexibility index (Phi) is 8.35. The molecular weight excluding hydrogens is 612 g/mol. The predicted octanol–water partition coefficient (Wildman–Crippen LogP) is 6.24. The predicted molar refractivity (Wildman–Crippen MR) is 171 cm³/mol. The molecule has 0 unspecified atom stereocenters. The van der Waals surface area contributed by atoms with Crippen molar-refractivity contribution in [1.29, 1.82) is 0 Å². The molecule has 1 amide bonds. The third-order valence-corrected chi connectivity index (χ3v) is 9.22. The van der Waals surface area contributed by atoms with Crippen LogP contribution in [0.1, 0.15) is 38.2 Å². The molecule has 0 aliphatic carbocycles. The average Bonchev–Trinajstić information content (AvgIpc) is 3.35. The van der Waals surface area contributed by atoms with Crippen molar-refractivity contribution in [2.45, 2.75) is 26.1 Å². The van der Waals surface area contributed by atoms with Crippen LogP contribution in [0.15, 0.2) is 85.1 Å². The summed E-state index contributed by atoms with van der Waals surface area (Å²) in [5.74, 6) is -0.163. The van der Waals surface area contributed by atoms with Crippen molar-refractivity contribution in [3.05, 3.63) is 130 Å². The third kappa shape index (κ3) is 6.23.